The molecule has 0 bridgehead atoms. The molecule has 4 rings (SSSR count). The first kappa shape index (κ1) is 28.6. The quantitative estimate of drug-likeness (QED) is 0.440. The Labute approximate surface area is 229 Å². The van der Waals surface area contributed by atoms with Gasteiger partial charge in [-0.15, -0.1) is 0 Å². The molecule has 2 aliphatic heterocycles. The van der Waals surface area contributed by atoms with Crippen molar-refractivity contribution in [3.63, 3.8) is 0 Å². The predicted molar refractivity (Wildman–Crippen MR) is 131 cm³/mol. The number of thioether (sulfide) groups is 1. The molecule has 2 aromatic rings. The van der Waals surface area contributed by atoms with E-state index in [2.05, 4.69) is 5.32 Å². The molecular weight excluding hydrogens is 582 g/mol. The van der Waals surface area contributed by atoms with E-state index in [-0.39, 0.29) is 11.5 Å². The number of aliphatic hydroxyl groups is 1. The number of ether oxygens (including phenoxy) is 4. The summed E-state index contributed by atoms with van der Waals surface area (Å²) in [6, 6.07) is 12.6. The maximum absolute atomic E-state index is 13.6. The van der Waals surface area contributed by atoms with Crippen molar-refractivity contribution < 1.29 is 42.0 Å². The zero-order valence-corrected chi connectivity index (χ0v) is 21.8. The molecule has 0 aromatic heterocycles. The highest BCUT2D eigenvalue weighted by Crippen LogP contribution is 2.43. The Morgan fingerprint density at radius 1 is 1.08 bits per heavy atom. The Kier molecular flexibility index (Phi) is 9.07. The van der Waals surface area contributed by atoms with Gasteiger partial charge in [-0.2, -0.15) is 13.2 Å². The van der Waals surface area contributed by atoms with Crippen LogP contribution in [0, 0.1) is 0 Å². The Morgan fingerprint density at radius 3 is 2.43 bits per heavy atom. The van der Waals surface area contributed by atoms with E-state index in [1.54, 1.807) is 24.3 Å². The number of amides is 1. The largest absolute Gasteiger partial charge is 0.445 e. The summed E-state index contributed by atoms with van der Waals surface area (Å²) >= 11 is 17.5. The molecule has 2 saturated heterocycles. The van der Waals surface area contributed by atoms with Crippen LogP contribution in [0.1, 0.15) is 17.4 Å². The van der Waals surface area contributed by atoms with Crippen molar-refractivity contribution in [1.82, 2.24) is 5.32 Å². The highest BCUT2D eigenvalue weighted by Gasteiger charge is 2.51. The van der Waals surface area contributed by atoms with Crippen molar-refractivity contribution in [3.05, 3.63) is 65.7 Å². The first-order chi connectivity index (χ1) is 17.4. The molecule has 37 heavy (non-hydrogen) atoms. The summed E-state index contributed by atoms with van der Waals surface area (Å²) in [6.07, 6.45) is -9.75. The van der Waals surface area contributed by atoms with E-state index in [1.165, 1.54) is 18.2 Å². The fourth-order valence-electron chi connectivity index (χ4n) is 3.88. The standard InChI is InChI=1S/C23H21Cl3F3NO6S/c24-22(25,26)11-34-21(32)30-16-17(31)18-14(10-33-19(36-18)12-6-2-1-3-7-12)35-20(16)37-15-9-5-4-8-13(15)23(27,28)29/h1-9,14,16-20,31H,10-11H2,(H,30,32)/t14-,16-,17-,18-,19?,20+/m1/s1. The normalized spacial score (nSPS) is 28.3. The Bertz CT molecular complexity index is 1080. The van der Waals surface area contributed by atoms with Crippen molar-refractivity contribution in [3.8, 4) is 0 Å². The van der Waals surface area contributed by atoms with E-state index in [0.717, 1.165) is 6.07 Å². The number of benzene rings is 2. The minimum Gasteiger partial charge on any atom is -0.445 e. The monoisotopic (exact) mass is 601 g/mol. The second-order valence-electron chi connectivity index (χ2n) is 8.18. The van der Waals surface area contributed by atoms with Crippen molar-refractivity contribution in [2.75, 3.05) is 13.2 Å². The molecule has 0 radical (unpaired) electrons. The molecule has 2 aliphatic rings. The van der Waals surface area contributed by atoms with E-state index < -0.39 is 64.3 Å². The van der Waals surface area contributed by atoms with Crippen molar-refractivity contribution >= 4 is 52.7 Å². The molecule has 0 spiro atoms. The highest BCUT2D eigenvalue weighted by atomic mass is 35.6. The second-order valence-corrected chi connectivity index (χ2v) is 11.8. The van der Waals surface area contributed by atoms with Gasteiger partial charge in [0.25, 0.3) is 0 Å². The third-order valence-corrected chi connectivity index (χ3v) is 7.10. The molecule has 2 N–H and O–H groups in total. The van der Waals surface area contributed by atoms with Crippen LogP contribution in [0.5, 0.6) is 0 Å². The number of halogens is 6. The number of aliphatic hydroxyl groups excluding tert-OH is 1. The lowest BCUT2D eigenvalue weighted by Crippen LogP contribution is -2.65. The van der Waals surface area contributed by atoms with Gasteiger partial charge >= 0.3 is 12.3 Å². The van der Waals surface area contributed by atoms with Gasteiger partial charge in [-0.1, -0.05) is 89.0 Å². The third-order valence-electron chi connectivity index (χ3n) is 5.52. The van der Waals surface area contributed by atoms with E-state index in [4.69, 9.17) is 53.8 Å². The van der Waals surface area contributed by atoms with Crippen LogP contribution >= 0.6 is 46.6 Å². The Morgan fingerprint density at radius 2 is 1.76 bits per heavy atom. The minimum atomic E-state index is -4.63. The summed E-state index contributed by atoms with van der Waals surface area (Å²) in [5, 5.41) is 13.7. The maximum Gasteiger partial charge on any atom is 0.417 e. The number of nitrogens with one attached hydrogen (secondary N) is 1. The van der Waals surface area contributed by atoms with Crippen LogP contribution < -0.4 is 5.32 Å². The topological polar surface area (TPSA) is 86.3 Å². The molecule has 0 aliphatic carbocycles. The first-order valence-electron chi connectivity index (χ1n) is 10.9. The Hall–Kier alpha value is -1.44. The summed E-state index contributed by atoms with van der Waals surface area (Å²) in [6.45, 7) is -0.613. The molecule has 1 unspecified atom stereocenters. The minimum absolute atomic E-state index is 0.0102. The van der Waals surface area contributed by atoms with Crippen molar-refractivity contribution in [2.45, 2.75) is 50.9 Å². The van der Waals surface area contributed by atoms with Crippen LogP contribution in [0.15, 0.2) is 59.5 Å². The lowest BCUT2D eigenvalue weighted by Gasteiger charge is -2.47. The lowest BCUT2D eigenvalue weighted by molar-refractivity contribution is -0.306. The molecule has 14 heteroatoms. The van der Waals surface area contributed by atoms with Gasteiger partial charge < -0.3 is 29.4 Å². The predicted octanol–water partition coefficient (Wildman–Crippen LogP) is 5.46. The van der Waals surface area contributed by atoms with Crippen LogP contribution in [0.25, 0.3) is 0 Å². The summed E-state index contributed by atoms with van der Waals surface area (Å²) in [5.74, 6) is 0. The van der Waals surface area contributed by atoms with Gasteiger partial charge in [0, 0.05) is 10.5 Å². The molecule has 7 nitrogen and oxygen atoms in total. The number of rotatable bonds is 5. The lowest BCUT2D eigenvalue weighted by atomic mass is 9.97. The zero-order valence-electron chi connectivity index (χ0n) is 18.7. The summed E-state index contributed by atoms with van der Waals surface area (Å²) in [7, 11) is 0. The van der Waals surface area contributed by atoms with Gasteiger partial charge in [0.2, 0.25) is 3.79 Å². The van der Waals surface area contributed by atoms with Crippen molar-refractivity contribution in [1.29, 1.82) is 0 Å². The van der Waals surface area contributed by atoms with Crippen LogP contribution in [-0.4, -0.2) is 58.0 Å². The number of fused-ring (bicyclic) bond motifs is 1. The van der Waals surface area contributed by atoms with E-state index in [1.807, 2.05) is 6.07 Å². The van der Waals surface area contributed by atoms with Gasteiger partial charge in [0.05, 0.1) is 18.2 Å². The van der Waals surface area contributed by atoms with Crippen LogP contribution in [0.4, 0.5) is 18.0 Å². The third kappa shape index (κ3) is 7.36. The molecule has 0 saturated carbocycles. The van der Waals surface area contributed by atoms with E-state index >= 15 is 0 Å². The number of hydrogen-bond donors (Lipinski definition) is 2. The summed E-state index contributed by atoms with van der Waals surface area (Å²) < 4.78 is 61.5. The number of carbonyl (C=O) groups is 1. The van der Waals surface area contributed by atoms with Gasteiger partial charge in [-0.05, 0) is 12.1 Å². The Balaban J connectivity index is 1.57. The summed E-state index contributed by atoms with van der Waals surface area (Å²) in [5.41, 5.74) is -1.38. The molecule has 2 aromatic carbocycles. The number of alkyl carbamates (subject to hydrolysis) is 1. The molecule has 202 valence electrons. The van der Waals surface area contributed by atoms with Crippen LogP contribution in [0.3, 0.4) is 0 Å². The maximum atomic E-state index is 13.6. The average molecular weight is 603 g/mol. The molecule has 2 fully saturated rings. The van der Waals surface area contributed by atoms with Gasteiger partial charge in [0.15, 0.2) is 6.29 Å². The van der Waals surface area contributed by atoms with Gasteiger partial charge in [-0.25, -0.2) is 4.79 Å². The van der Waals surface area contributed by atoms with Crippen molar-refractivity contribution in [2.24, 2.45) is 0 Å². The smallest absolute Gasteiger partial charge is 0.417 e. The van der Waals surface area contributed by atoms with Gasteiger partial charge in [-0.3, -0.25) is 0 Å². The molecular formula is C23H21Cl3F3NO6S. The zero-order chi connectivity index (χ0) is 26.8. The van der Waals surface area contributed by atoms with Gasteiger partial charge in [0.1, 0.15) is 30.4 Å². The second kappa shape index (κ2) is 11.7. The van der Waals surface area contributed by atoms with E-state index in [9.17, 15) is 23.1 Å². The van der Waals surface area contributed by atoms with Crippen LogP contribution in [-0.2, 0) is 25.1 Å². The number of hydrogen-bond acceptors (Lipinski definition) is 7. The molecule has 2 heterocycles. The first-order valence-corrected chi connectivity index (χ1v) is 12.9. The SMILES string of the molecule is O=C(N[C@@H]1[C@@H](O)[C@@H]2OC(c3ccccc3)OC[C@H]2O[C@H]1Sc1ccccc1C(F)(F)F)OCC(Cl)(Cl)Cl. The van der Waals surface area contributed by atoms with Crippen LogP contribution in [0.2, 0.25) is 0 Å². The highest BCUT2D eigenvalue weighted by molar-refractivity contribution is 7.99. The molecule has 6 atom stereocenters. The molecule has 1 amide bonds. The average Bonchev–Trinajstić information content (AvgIpc) is 2.85. The number of alkyl halides is 6. The summed E-state index contributed by atoms with van der Waals surface area (Å²) in [4.78, 5) is 12.3. The number of carbonyl (C=O) groups excluding carboxylic acids is 1. The van der Waals surface area contributed by atoms with E-state index in [0.29, 0.717) is 17.3 Å². The fourth-order valence-corrected chi connectivity index (χ4v) is 5.34. The fraction of sp³-hybridized carbons (Fsp3) is 0.435.